The number of ketones is 1. The number of hydrogen-bond acceptors (Lipinski definition) is 2. The summed E-state index contributed by atoms with van der Waals surface area (Å²) >= 11 is 0. The van der Waals surface area contributed by atoms with Crippen molar-refractivity contribution in [2.75, 3.05) is 0 Å². The Morgan fingerprint density at radius 3 is 1.58 bits per heavy atom. The quantitative estimate of drug-likeness (QED) is 0.712. The van der Waals surface area contributed by atoms with Gasteiger partial charge in [-0.3, -0.25) is 4.79 Å². The highest BCUT2D eigenvalue weighted by Gasteiger charge is 1.83. The fourth-order valence-electron chi connectivity index (χ4n) is 0.352. The Labute approximate surface area is 75.3 Å². The van der Waals surface area contributed by atoms with Gasteiger partial charge in [0.2, 0.25) is 5.91 Å². The largest absolute Gasteiger partial charge is 0.370 e. The van der Waals surface area contributed by atoms with Crippen LogP contribution in [0, 0.1) is 0 Å². The van der Waals surface area contributed by atoms with Crippen molar-refractivity contribution < 1.29 is 9.59 Å². The summed E-state index contributed by atoms with van der Waals surface area (Å²) in [5.74, 6) is 0.0440. The fourth-order valence-corrected chi connectivity index (χ4v) is 0.352. The Morgan fingerprint density at radius 2 is 1.58 bits per heavy atom. The van der Waals surface area contributed by atoms with E-state index in [1.165, 1.54) is 0 Å². The van der Waals surface area contributed by atoms with Gasteiger partial charge in [-0.25, -0.2) is 0 Å². The zero-order valence-electron chi connectivity index (χ0n) is 7.52. The van der Waals surface area contributed by atoms with Crippen molar-refractivity contribution >= 4 is 11.7 Å². The molecule has 0 heterocycles. The molecule has 0 atom stereocenters. The average molecular weight is 175 g/mol. The Morgan fingerprint density at radius 1 is 1.25 bits per heavy atom. The SMILES string of the molecule is C.CCC(N)=O.CCCC(C)=O. The van der Waals surface area contributed by atoms with Crippen LogP contribution in [-0.4, -0.2) is 11.7 Å². The summed E-state index contributed by atoms with van der Waals surface area (Å²) in [5, 5.41) is 0. The molecule has 0 aliphatic carbocycles. The third-order valence-electron chi connectivity index (χ3n) is 0.951. The number of hydrogen-bond donors (Lipinski definition) is 1. The molecule has 0 saturated carbocycles. The summed E-state index contributed by atoms with van der Waals surface area (Å²) in [6, 6.07) is 0. The van der Waals surface area contributed by atoms with Crippen LogP contribution in [-0.2, 0) is 9.59 Å². The molecule has 0 radical (unpaired) electrons. The van der Waals surface area contributed by atoms with Gasteiger partial charge in [0.1, 0.15) is 5.78 Å². The molecule has 74 valence electrons. The minimum atomic E-state index is -0.245. The van der Waals surface area contributed by atoms with Crippen LogP contribution in [0.4, 0.5) is 0 Å². The van der Waals surface area contributed by atoms with E-state index in [-0.39, 0.29) is 19.1 Å². The van der Waals surface area contributed by atoms with Crippen molar-refractivity contribution in [3.05, 3.63) is 0 Å². The number of Topliss-reactive ketones (excluding diaryl/α,β-unsaturated/α-hetero) is 1. The predicted molar refractivity (Wildman–Crippen MR) is 51.8 cm³/mol. The first kappa shape index (κ1) is 17.3. The summed E-state index contributed by atoms with van der Waals surface area (Å²) < 4.78 is 0. The molecule has 0 fully saturated rings. The topological polar surface area (TPSA) is 60.2 Å². The second-order valence-corrected chi connectivity index (χ2v) is 2.27. The van der Waals surface area contributed by atoms with Crippen molar-refractivity contribution in [1.82, 2.24) is 0 Å². The maximum atomic E-state index is 10.0. The van der Waals surface area contributed by atoms with Crippen molar-refractivity contribution in [2.45, 2.75) is 47.5 Å². The maximum Gasteiger partial charge on any atom is 0.217 e. The minimum absolute atomic E-state index is 0. The highest BCUT2D eigenvalue weighted by Crippen LogP contribution is 1.84. The van der Waals surface area contributed by atoms with E-state index in [1.54, 1.807) is 13.8 Å². The number of rotatable bonds is 3. The van der Waals surface area contributed by atoms with Crippen LogP contribution in [0.1, 0.15) is 47.5 Å². The first-order valence-corrected chi connectivity index (χ1v) is 3.82. The Kier molecular flexibility index (Phi) is 18.4. The van der Waals surface area contributed by atoms with Crippen LogP contribution in [0.25, 0.3) is 0 Å². The first-order chi connectivity index (χ1) is 5.04. The molecule has 0 aliphatic rings. The van der Waals surface area contributed by atoms with E-state index in [0.29, 0.717) is 6.42 Å². The Balaban J connectivity index is -0.000000126. The lowest BCUT2D eigenvalue weighted by molar-refractivity contribution is -0.118. The summed E-state index contributed by atoms with van der Waals surface area (Å²) in [6.45, 7) is 5.34. The second-order valence-electron chi connectivity index (χ2n) is 2.27. The average Bonchev–Trinajstić information content (AvgIpc) is 1.89. The Bertz CT molecular complexity index is 122. The molecule has 0 bridgehead atoms. The summed E-state index contributed by atoms with van der Waals surface area (Å²) in [6.07, 6.45) is 2.16. The number of carbonyl (C=O) groups is 2. The van der Waals surface area contributed by atoms with Crippen LogP contribution in [0.2, 0.25) is 0 Å². The van der Waals surface area contributed by atoms with Crippen molar-refractivity contribution in [1.29, 1.82) is 0 Å². The highest BCUT2D eigenvalue weighted by molar-refractivity contribution is 5.75. The molecule has 0 unspecified atom stereocenters. The lowest BCUT2D eigenvalue weighted by atomic mass is 10.3. The second kappa shape index (κ2) is 12.8. The van der Waals surface area contributed by atoms with E-state index in [0.717, 1.165) is 12.8 Å². The summed E-state index contributed by atoms with van der Waals surface area (Å²) in [5.41, 5.74) is 4.65. The number of amides is 1. The molecule has 3 heteroatoms. The molecule has 12 heavy (non-hydrogen) atoms. The van der Waals surface area contributed by atoms with Crippen LogP contribution >= 0.6 is 0 Å². The molecule has 0 spiro atoms. The highest BCUT2D eigenvalue weighted by atomic mass is 16.1. The number of nitrogens with two attached hydrogens (primary N) is 1. The van der Waals surface area contributed by atoms with Gasteiger partial charge < -0.3 is 10.5 Å². The molecular formula is C9H21NO2. The molecule has 0 aromatic rings. The molecule has 1 amide bonds. The molecule has 0 aromatic heterocycles. The molecular weight excluding hydrogens is 154 g/mol. The maximum absolute atomic E-state index is 10.0. The van der Waals surface area contributed by atoms with Crippen LogP contribution in [0.15, 0.2) is 0 Å². The van der Waals surface area contributed by atoms with Gasteiger partial charge in [0, 0.05) is 12.8 Å². The van der Waals surface area contributed by atoms with Gasteiger partial charge in [-0.15, -0.1) is 0 Å². The van der Waals surface area contributed by atoms with Gasteiger partial charge in [-0.1, -0.05) is 21.3 Å². The van der Waals surface area contributed by atoms with Crippen LogP contribution < -0.4 is 5.73 Å². The fraction of sp³-hybridized carbons (Fsp3) is 0.778. The number of primary amides is 1. The molecule has 0 aromatic carbocycles. The van der Waals surface area contributed by atoms with E-state index in [4.69, 9.17) is 0 Å². The van der Waals surface area contributed by atoms with E-state index in [2.05, 4.69) is 5.73 Å². The van der Waals surface area contributed by atoms with Gasteiger partial charge in [-0.05, 0) is 13.3 Å². The van der Waals surface area contributed by atoms with E-state index >= 15 is 0 Å². The van der Waals surface area contributed by atoms with Crippen molar-refractivity contribution in [3.63, 3.8) is 0 Å². The van der Waals surface area contributed by atoms with E-state index < -0.39 is 0 Å². The normalized spacial score (nSPS) is 7.25. The standard InChI is InChI=1S/C5H10O.C3H7NO.CH4/c1-3-4-5(2)6;1-2-3(4)5;/h3-4H2,1-2H3;2H2,1H3,(H2,4,5);1H4. The van der Waals surface area contributed by atoms with Gasteiger partial charge in [0.25, 0.3) is 0 Å². The molecule has 0 rings (SSSR count). The molecule has 0 saturated heterocycles. The zero-order valence-corrected chi connectivity index (χ0v) is 7.52. The summed E-state index contributed by atoms with van der Waals surface area (Å²) in [7, 11) is 0. The molecule has 0 aliphatic heterocycles. The molecule has 2 N–H and O–H groups in total. The summed E-state index contributed by atoms with van der Waals surface area (Å²) in [4.78, 5) is 19.6. The minimum Gasteiger partial charge on any atom is -0.370 e. The van der Waals surface area contributed by atoms with Gasteiger partial charge in [-0.2, -0.15) is 0 Å². The lowest BCUT2D eigenvalue weighted by Gasteiger charge is -1.80. The van der Waals surface area contributed by atoms with E-state index in [1.807, 2.05) is 6.92 Å². The third-order valence-corrected chi connectivity index (χ3v) is 0.951. The van der Waals surface area contributed by atoms with Crippen LogP contribution in [0.5, 0.6) is 0 Å². The van der Waals surface area contributed by atoms with Crippen LogP contribution in [0.3, 0.4) is 0 Å². The van der Waals surface area contributed by atoms with Gasteiger partial charge in [0.05, 0.1) is 0 Å². The van der Waals surface area contributed by atoms with Gasteiger partial charge >= 0.3 is 0 Å². The third kappa shape index (κ3) is 35.3. The Hall–Kier alpha value is -0.860. The smallest absolute Gasteiger partial charge is 0.217 e. The monoisotopic (exact) mass is 175 g/mol. The number of carbonyl (C=O) groups excluding carboxylic acids is 2. The van der Waals surface area contributed by atoms with Crippen molar-refractivity contribution in [2.24, 2.45) is 5.73 Å². The predicted octanol–water partition coefficient (Wildman–Crippen LogP) is 1.89. The lowest BCUT2D eigenvalue weighted by Crippen LogP contribution is -2.06. The first-order valence-electron chi connectivity index (χ1n) is 3.82. The molecule has 3 nitrogen and oxygen atoms in total. The zero-order chi connectivity index (χ0) is 9.28. The van der Waals surface area contributed by atoms with E-state index in [9.17, 15) is 9.59 Å². The van der Waals surface area contributed by atoms with Gasteiger partial charge in [0.15, 0.2) is 0 Å². The van der Waals surface area contributed by atoms with Crippen molar-refractivity contribution in [3.8, 4) is 0 Å².